The second-order valence-corrected chi connectivity index (χ2v) is 2.05. The van der Waals surface area contributed by atoms with E-state index in [2.05, 4.69) is 0 Å². The summed E-state index contributed by atoms with van der Waals surface area (Å²) in [5.74, 6) is 0.259. The molecule has 62 valence electrons. The third-order valence-corrected chi connectivity index (χ3v) is 1.23. The molecule has 0 spiro atoms. The average Bonchev–Trinajstić information content (AvgIpc) is 2.02. The Morgan fingerprint density at radius 2 is 1.82 bits per heavy atom. The molecule has 3 N–H and O–H groups in total. The topological polar surface area (TPSA) is 46.2 Å². The number of nitrogens with two attached hydrogens (primary N) is 1. The minimum Gasteiger partial charge on any atom is -0.508 e. The van der Waals surface area contributed by atoms with Crippen molar-refractivity contribution in [2.24, 2.45) is 0 Å². The summed E-state index contributed by atoms with van der Waals surface area (Å²) < 4.78 is 0. The Labute approximate surface area is 67.7 Å². The summed E-state index contributed by atoms with van der Waals surface area (Å²) in [6.07, 6.45) is 0. The Balaban J connectivity index is 0.000000461. The van der Waals surface area contributed by atoms with Crippen LogP contribution >= 0.6 is 0 Å². The minimum absolute atomic E-state index is 0.259. The van der Waals surface area contributed by atoms with Crippen molar-refractivity contribution in [2.75, 3.05) is 5.73 Å². The van der Waals surface area contributed by atoms with Gasteiger partial charge in [0.2, 0.25) is 0 Å². The van der Waals surface area contributed by atoms with Crippen LogP contribution in [0.15, 0.2) is 18.2 Å². The van der Waals surface area contributed by atoms with Crippen molar-refractivity contribution in [2.45, 2.75) is 20.8 Å². The van der Waals surface area contributed by atoms with Crippen LogP contribution in [0.1, 0.15) is 19.4 Å². The third kappa shape index (κ3) is 2.94. The van der Waals surface area contributed by atoms with Gasteiger partial charge in [0.25, 0.3) is 0 Å². The number of phenols is 1. The number of hydrogen-bond donors (Lipinski definition) is 2. The average molecular weight is 153 g/mol. The number of hydrogen-bond acceptors (Lipinski definition) is 2. The lowest BCUT2D eigenvalue weighted by Crippen LogP contribution is -1.83. The molecule has 1 aromatic carbocycles. The van der Waals surface area contributed by atoms with Gasteiger partial charge in [0.15, 0.2) is 0 Å². The highest BCUT2D eigenvalue weighted by Gasteiger charge is 1.92. The predicted octanol–water partition coefficient (Wildman–Crippen LogP) is 2.31. The lowest BCUT2D eigenvalue weighted by Gasteiger charge is -1.97. The van der Waals surface area contributed by atoms with Gasteiger partial charge in [-0.05, 0) is 18.6 Å². The smallest absolute Gasteiger partial charge is 0.120 e. The van der Waals surface area contributed by atoms with Gasteiger partial charge in [-0.3, -0.25) is 0 Å². The molecule has 1 rings (SSSR count). The molecular weight excluding hydrogens is 138 g/mol. The lowest BCUT2D eigenvalue weighted by atomic mass is 10.2. The first-order valence-electron chi connectivity index (χ1n) is 3.75. The third-order valence-electron chi connectivity index (χ3n) is 1.23. The van der Waals surface area contributed by atoms with E-state index in [1.54, 1.807) is 12.1 Å². The van der Waals surface area contributed by atoms with Crippen molar-refractivity contribution < 1.29 is 5.11 Å². The SMILES string of the molecule is CC.Cc1ccc(N)cc1O. The Morgan fingerprint density at radius 3 is 2.18 bits per heavy atom. The zero-order valence-electron chi connectivity index (χ0n) is 7.26. The number of nitrogen functional groups attached to an aromatic ring is 1. The molecule has 2 nitrogen and oxygen atoms in total. The molecule has 0 atom stereocenters. The van der Waals surface area contributed by atoms with Crippen molar-refractivity contribution in [3.05, 3.63) is 23.8 Å². The molecule has 0 radical (unpaired) electrons. The Morgan fingerprint density at radius 1 is 1.27 bits per heavy atom. The molecule has 0 saturated carbocycles. The number of benzene rings is 1. The monoisotopic (exact) mass is 153 g/mol. The standard InChI is InChI=1S/C7H9NO.C2H6/c1-5-2-3-6(8)4-7(5)9;1-2/h2-4,9H,8H2,1H3;1-2H3. The molecule has 1 aromatic rings. The first-order chi connectivity index (χ1) is 5.20. The van der Waals surface area contributed by atoms with Crippen molar-refractivity contribution in [3.63, 3.8) is 0 Å². The van der Waals surface area contributed by atoms with Crippen LogP contribution in [-0.4, -0.2) is 5.11 Å². The number of rotatable bonds is 0. The summed E-state index contributed by atoms with van der Waals surface area (Å²) in [4.78, 5) is 0. The van der Waals surface area contributed by atoms with Gasteiger partial charge in [-0.25, -0.2) is 0 Å². The van der Waals surface area contributed by atoms with E-state index < -0.39 is 0 Å². The molecule has 0 aromatic heterocycles. The van der Waals surface area contributed by atoms with Crippen molar-refractivity contribution in [1.29, 1.82) is 0 Å². The second kappa shape index (κ2) is 4.61. The highest BCUT2D eigenvalue weighted by molar-refractivity contribution is 5.47. The Bertz CT molecular complexity index is 221. The van der Waals surface area contributed by atoms with Crippen LogP contribution < -0.4 is 5.73 Å². The van der Waals surface area contributed by atoms with Gasteiger partial charge in [0.05, 0.1) is 0 Å². The van der Waals surface area contributed by atoms with Crippen LogP contribution in [0, 0.1) is 6.92 Å². The van der Waals surface area contributed by atoms with E-state index in [4.69, 9.17) is 10.8 Å². The maximum Gasteiger partial charge on any atom is 0.120 e. The van der Waals surface area contributed by atoms with Gasteiger partial charge in [-0.2, -0.15) is 0 Å². The predicted molar refractivity (Wildman–Crippen MR) is 48.6 cm³/mol. The Kier molecular flexibility index (Phi) is 4.11. The van der Waals surface area contributed by atoms with Crippen LogP contribution in [0.4, 0.5) is 5.69 Å². The molecule has 0 heterocycles. The zero-order chi connectivity index (χ0) is 8.85. The normalized spacial score (nSPS) is 8.27. The second-order valence-electron chi connectivity index (χ2n) is 2.05. The number of aromatic hydroxyl groups is 1. The maximum atomic E-state index is 9.02. The van der Waals surface area contributed by atoms with Crippen LogP contribution in [0.3, 0.4) is 0 Å². The molecule has 11 heavy (non-hydrogen) atoms. The first kappa shape index (κ1) is 9.82. The highest BCUT2D eigenvalue weighted by Crippen LogP contribution is 2.17. The van der Waals surface area contributed by atoms with Crippen LogP contribution in [0.5, 0.6) is 5.75 Å². The maximum absolute atomic E-state index is 9.02. The highest BCUT2D eigenvalue weighted by atomic mass is 16.3. The quantitative estimate of drug-likeness (QED) is 0.562. The fraction of sp³-hybridized carbons (Fsp3) is 0.333. The molecule has 2 heteroatoms. The number of aryl methyl sites for hydroxylation is 1. The van der Waals surface area contributed by atoms with Gasteiger partial charge in [0.1, 0.15) is 5.75 Å². The van der Waals surface area contributed by atoms with Gasteiger partial charge in [0, 0.05) is 11.8 Å². The van der Waals surface area contributed by atoms with Crippen molar-refractivity contribution >= 4 is 5.69 Å². The molecule has 0 amide bonds. The minimum atomic E-state index is 0.259. The van der Waals surface area contributed by atoms with Crippen LogP contribution in [-0.2, 0) is 0 Å². The molecule has 0 aliphatic rings. The van der Waals surface area contributed by atoms with E-state index in [0.717, 1.165) is 5.56 Å². The largest absolute Gasteiger partial charge is 0.508 e. The summed E-state index contributed by atoms with van der Waals surface area (Å²) in [5.41, 5.74) is 6.81. The Hall–Kier alpha value is -1.18. The van der Waals surface area contributed by atoms with E-state index in [0.29, 0.717) is 5.69 Å². The van der Waals surface area contributed by atoms with E-state index in [1.165, 1.54) is 6.07 Å². The van der Waals surface area contributed by atoms with Gasteiger partial charge in [-0.15, -0.1) is 0 Å². The molecule has 0 unspecified atom stereocenters. The summed E-state index contributed by atoms with van der Waals surface area (Å²) in [6.45, 7) is 5.83. The summed E-state index contributed by atoms with van der Waals surface area (Å²) in [7, 11) is 0. The summed E-state index contributed by atoms with van der Waals surface area (Å²) >= 11 is 0. The van der Waals surface area contributed by atoms with E-state index in [-0.39, 0.29) is 5.75 Å². The van der Waals surface area contributed by atoms with E-state index in [9.17, 15) is 0 Å². The number of anilines is 1. The molecule has 0 saturated heterocycles. The fourth-order valence-electron chi connectivity index (χ4n) is 0.626. The number of phenolic OH excluding ortho intramolecular Hbond substituents is 1. The first-order valence-corrected chi connectivity index (χ1v) is 3.75. The van der Waals surface area contributed by atoms with Gasteiger partial charge < -0.3 is 10.8 Å². The van der Waals surface area contributed by atoms with Crippen LogP contribution in [0.25, 0.3) is 0 Å². The van der Waals surface area contributed by atoms with E-state index in [1.807, 2.05) is 20.8 Å². The molecular formula is C9H15NO. The fourth-order valence-corrected chi connectivity index (χ4v) is 0.626. The zero-order valence-corrected chi connectivity index (χ0v) is 7.26. The summed E-state index contributed by atoms with van der Waals surface area (Å²) in [5, 5.41) is 9.02. The molecule has 0 aliphatic heterocycles. The molecule has 0 fully saturated rings. The van der Waals surface area contributed by atoms with Crippen LogP contribution in [0.2, 0.25) is 0 Å². The molecule has 0 bridgehead atoms. The lowest BCUT2D eigenvalue weighted by molar-refractivity contribution is 0.471. The van der Waals surface area contributed by atoms with Gasteiger partial charge >= 0.3 is 0 Å². The van der Waals surface area contributed by atoms with E-state index >= 15 is 0 Å². The van der Waals surface area contributed by atoms with Gasteiger partial charge in [-0.1, -0.05) is 19.9 Å². The van der Waals surface area contributed by atoms with Crippen molar-refractivity contribution in [3.8, 4) is 5.75 Å². The summed E-state index contributed by atoms with van der Waals surface area (Å²) in [6, 6.07) is 5.08. The molecule has 0 aliphatic carbocycles. The van der Waals surface area contributed by atoms with Crippen molar-refractivity contribution in [1.82, 2.24) is 0 Å².